The molecule has 3 atom stereocenters. The quantitative estimate of drug-likeness (QED) is 0.407. The van der Waals surface area contributed by atoms with E-state index in [9.17, 15) is 5.11 Å². The van der Waals surface area contributed by atoms with Crippen LogP contribution >= 0.6 is 0 Å². The van der Waals surface area contributed by atoms with Crippen molar-refractivity contribution in [1.82, 2.24) is 0 Å². The molecule has 0 spiro atoms. The fourth-order valence-corrected chi connectivity index (χ4v) is 6.54. The molecule has 0 aliphatic heterocycles. The minimum Gasteiger partial charge on any atom is -0.390 e. The predicted octanol–water partition coefficient (Wildman–Crippen LogP) is 4.90. The molecule has 0 aromatic heterocycles. The smallest absolute Gasteiger partial charge is 0.390 e. The Morgan fingerprint density at radius 1 is 0.857 bits per heavy atom. The molecule has 0 heterocycles. The van der Waals surface area contributed by atoms with E-state index in [1.165, 1.54) is 0 Å². The highest BCUT2D eigenvalue weighted by atomic mass is 28.4. The van der Waals surface area contributed by atoms with Crippen LogP contribution in [0.5, 0.6) is 0 Å². The first-order valence-corrected chi connectivity index (χ1v) is 13.3. The molecule has 1 aliphatic rings. The molecule has 0 bridgehead atoms. The van der Waals surface area contributed by atoms with Gasteiger partial charge in [0.15, 0.2) is 0 Å². The summed E-state index contributed by atoms with van der Waals surface area (Å²) in [6.07, 6.45) is 3.40. The normalized spacial score (nSPS) is 23.9. The summed E-state index contributed by atoms with van der Waals surface area (Å²) in [7, 11) is -2.68. The van der Waals surface area contributed by atoms with Crippen LogP contribution in [0, 0.1) is 23.7 Å². The van der Waals surface area contributed by atoms with Crippen LogP contribution in [0.15, 0.2) is 0 Å². The van der Waals surface area contributed by atoms with Gasteiger partial charge in [-0.1, -0.05) is 41.5 Å². The lowest BCUT2D eigenvalue weighted by Gasteiger charge is -2.36. The Labute approximate surface area is 174 Å². The van der Waals surface area contributed by atoms with E-state index < -0.39 is 8.80 Å². The number of rotatable bonds is 14. The first-order valence-electron chi connectivity index (χ1n) is 11.4. The third-order valence-corrected chi connectivity index (χ3v) is 7.85. The lowest BCUT2D eigenvalue weighted by Crippen LogP contribution is -2.48. The van der Waals surface area contributed by atoms with Crippen molar-refractivity contribution in [2.75, 3.05) is 26.4 Å². The molecule has 0 saturated heterocycles. The summed E-state index contributed by atoms with van der Waals surface area (Å²) in [4.78, 5) is 0. The molecule has 0 aromatic rings. The molecule has 28 heavy (non-hydrogen) atoms. The summed E-state index contributed by atoms with van der Waals surface area (Å²) in [5, 5.41) is 10.3. The van der Waals surface area contributed by atoms with E-state index in [4.69, 9.17) is 18.0 Å². The van der Waals surface area contributed by atoms with Crippen LogP contribution in [0.4, 0.5) is 0 Å². The fraction of sp³-hybridized carbons (Fsp3) is 1.00. The first kappa shape index (κ1) is 26.1. The van der Waals surface area contributed by atoms with Gasteiger partial charge in [0.05, 0.1) is 12.2 Å². The maximum atomic E-state index is 10.3. The Hall–Kier alpha value is 0.0169. The van der Waals surface area contributed by atoms with Crippen molar-refractivity contribution < 1.29 is 23.1 Å². The SMILES string of the molecule is CCO[Si](CCC1CCC(O)C(OCC(C)C)C1)(OCC(C)C)OCC(C)C. The molecule has 6 heteroatoms. The summed E-state index contributed by atoms with van der Waals surface area (Å²) >= 11 is 0. The Morgan fingerprint density at radius 3 is 1.93 bits per heavy atom. The summed E-state index contributed by atoms with van der Waals surface area (Å²) < 4.78 is 24.8. The van der Waals surface area contributed by atoms with Gasteiger partial charge in [-0.25, -0.2) is 0 Å². The van der Waals surface area contributed by atoms with Gasteiger partial charge in [0, 0.05) is 32.5 Å². The maximum absolute atomic E-state index is 10.3. The van der Waals surface area contributed by atoms with E-state index in [1.807, 2.05) is 6.92 Å². The summed E-state index contributed by atoms with van der Waals surface area (Å²) in [5.74, 6) is 1.92. The van der Waals surface area contributed by atoms with Gasteiger partial charge < -0.3 is 23.1 Å². The second-order valence-corrected chi connectivity index (χ2v) is 12.3. The molecule has 0 aromatic carbocycles. The topological polar surface area (TPSA) is 57.2 Å². The third-order valence-electron chi connectivity index (χ3n) is 5.01. The van der Waals surface area contributed by atoms with Crippen LogP contribution in [-0.2, 0) is 18.0 Å². The second-order valence-electron chi connectivity index (χ2n) is 9.58. The number of aliphatic hydroxyl groups is 1. The molecule has 1 rings (SSSR count). The molecule has 3 unspecified atom stereocenters. The van der Waals surface area contributed by atoms with Crippen LogP contribution < -0.4 is 0 Å². The van der Waals surface area contributed by atoms with E-state index in [0.717, 1.165) is 31.7 Å². The van der Waals surface area contributed by atoms with Crippen LogP contribution in [0.2, 0.25) is 6.04 Å². The van der Waals surface area contributed by atoms with E-state index in [0.29, 0.717) is 50.1 Å². The highest BCUT2D eigenvalue weighted by molar-refractivity contribution is 6.60. The molecule has 1 saturated carbocycles. The minimum atomic E-state index is -2.68. The molecule has 0 radical (unpaired) electrons. The Morgan fingerprint density at radius 2 is 1.43 bits per heavy atom. The van der Waals surface area contributed by atoms with Gasteiger partial charge >= 0.3 is 8.80 Å². The third kappa shape index (κ3) is 10.2. The molecular weight excluding hydrogens is 372 g/mol. The number of ether oxygens (including phenoxy) is 1. The van der Waals surface area contributed by atoms with E-state index in [1.54, 1.807) is 0 Å². The summed E-state index contributed by atoms with van der Waals surface area (Å²) in [5.41, 5.74) is 0. The van der Waals surface area contributed by atoms with Crippen LogP contribution in [0.3, 0.4) is 0 Å². The van der Waals surface area contributed by atoms with E-state index in [2.05, 4.69) is 41.5 Å². The van der Waals surface area contributed by atoms with Crippen molar-refractivity contribution in [3.63, 3.8) is 0 Å². The highest BCUT2D eigenvalue weighted by Gasteiger charge is 2.42. The molecule has 1 aliphatic carbocycles. The maximum Gasteiger partial charge on any atom is 0.500 e. The first-order chi connectivity index (χ1) is 13.2. The lowest BCUT2D eigenvalue weighted by molar-refractivity contribution is -0.0789. The van der Waals surface area contributed by atoms with Gasteiger partial charge in [-0.15, -0.1) is 0 Å². The Kier molecular flexibility index (Phi) is 12.4. The largest absolute Gasteiger partial charge is 0.500 e. The lowest BCUT2D eigenvalue weighted by atomic mass is 9.84. The average Bonchev–Trinajstić information content (AvgIpc) is 2.62. The predicted molar refractivity (Wildman–Crippen MR) is 116 cm³/mol. The molecule has 168 valence electrons. The van der Waals surface area contributed by atoms with E-state index in [-0.39, 0.29) is 12.2 Å². The highest BCUT2D eigenvalue weighted by Crippen LogP contribution is 2.33. The van der Waals surface area contributed by atoms with Crippen molar-refractivity contribution in [2.45, 2.75) is 92.4 Å². The van der Waals surface area contributed by atoms with Gasteiger partial charge in [0.25, 0.3) is 0 Å². The van der Waals surface area contributed by atoms with Crippen molar-refractivity contribution in [2.24, 2.45) is 23.7 Å². The van der Waals surface area contributed by atoms with Crippen LogP contribution in [-0.4, -0.2) is 52.5 Å². The minimum absolute atomic E-state index is 0.0440. The Balaban J connectivity index is 2.69. The van der Waals surface area contributed by atoms with E-state index >= 15 is 0 Å². The summed E-state index contributed by atoms with van der Waals surface area (Å²) in [6.45, 7) is 17.6. The molecular formula is C22H46O5Si. The van der Waals surface area contributed by atoms with Crippen LogP contribution in [0.25, 0.3) is 0 Å². The monoisotopic (exact) mass is 418 g/mol. The van der Waals surface area contributed by atoms with Crippen molar-refractivity contribution in [3.8, 4) is 0 Å². The number of aliphatic hydroxyl groups excluding tert-OH is 1. The fourth-order valence-electron chi connectivity index (χ4n) is 3.48. The Bertz CT molecular complexity index is 390. The molecule has 0 amide bonds. The van der Waals surface area contributed by atoms with Crippen molar-refractivity contribution >= 4 is 8.80 Å². The average molecular weight is 419 g/mol. The molecule has 5 nitrogen and oxygen atoms in total. The second kappa shape index (κ2) is 13.3. The van der Waals surface area contributed by atoms with Gasteiger partial charge in [-0.2, -0.15) is 0 Å². The van der Waals surface area contributed by atoms with Crippen molar-refractivity contribution in [3.05, 3.63) is 0 Å². The number of hydrogen-bond donors (Lipinski definition) is 1. The van der Waals surface area contributed by atoms with Gasteiger partial charge in [0.1, 0.15) is 0 Å². The number of hydrogen-bond acceptors (Lipinski definition) is 5. The van der Waals surface area contributed by atoms with Crippen molar-refractivity contribution in [1.29, 1.82) is 0 Å². The summed E-state index contributed by atoms with van der Waals surface area (Å²) in [6, 6.07) is 0.845. The zero-order valence-corrected chi connectivity index (χ0v) is 20.4. The van der Waals surface area contributed by atoms with Gasteiger partial charge in [-0.3, -0.25) is 0 Å². The molecule has 1 N–H and O–H groups in total. The molecule has 1 fully saturated rings. The standard InChI is InChI=1S/C22H46O5Si/c1-8-25-28(26-15-18(4)5,27-16-19(6)7)12-11-20-9-10-21(23)22(13-20)24-14-17(2)3/h17-23H,8-16H2,1-7H3. The van der Waals surface area contributed by atoms with Gasteiger partial charge in [0.2, 0.25) is 0 Å². The zero-order valence-electron chi connectivity index (χ0n) is 19.4. The zero-order chi connectivity index (χ0) is 21.2. The van der Waals surface area contributed by atoms with Crippen LogP contribution in [0.1, 0.15) is 74.1 Å². The van der Waals surface area contributed by atoms with Gasteiger partial charge in [-0.05, 0) is 56.3 Å².